The summed E-state index contributed by atoms with van der Waals surface area (Å²) in [5.41, 5.74) is -0.335. The maximum Gasteiger partial charge on any atom is 0.410 e. The van der Waals surface area contributed by atoms with E-state index in [9.17, 15) is 4.79 Å². The summed E-state index contributed by atoms with van der Waals surface area (Å²) in [7, 11) is 0. The van der Waals surface area contributed by atoms with Crippen LogP contribution in [-0.4, -0.2) is 59.0 Å². The summed E-state index contributed by atoms with van der Waals surface area (Å²) in [6.45, 7) is 3.55. The monoisotopic (exact) mass is 463 g/mol. The van der Waals surface area contributed by atoms with Gasteiger partial charge in [0.1, 0.15) is 23.8 Å². The normalized spacial score (nSPS) is 25.7. The Labute approximate surface area is 189 Å². The van der Waals surface area contributed by atoms with E-state index in [1.54, 1.807) is 29.2 Å². The number of likely N-dealkylation sites (tertiary alicyclic amines) is 1. The van der Waals surface area contributed by atoms with Crippen LogP contribution in [0, 0.1) is 17.7 Å². The fourth-order valence-corrected chi connectivity index (χ4v) is 4.22. The first-order valence-electron chi connectivity index (χ1n) is 10.6. The van der Waals surface area contributed by atoms with Crippen LogP contribution in [0.1, 0.15) is 19.8 Å². The molecule has 0 N–H and O–H groups in total. The van der Waals surface area contributed by atoms with Gasteiger partial charge in [0.15, 0.2) is 0 Å². The van der Waals surface area contributed by atoms with Crippen LogP contribution >= 0.6 is 11.6 Å². The second-order valence-electron chi connectivity index (χ2n) is 8.69. The molecule has 0 radical (unpaired) electrons. The molecule has 10 heteroatoms. The zero-order valence-corrected chi connectivity index (χ0v) is 18.3. The van der Waals surface area contributed by atoms with Gasteiger partial charge in [0.25, 0.3) is 11.8 Å². The van der Waals surface area contributed by atoms with E-state index in [0.717, 1.165) is 12.8 Å². The van der Waals surface area contributed by atoms with Gasteiger partial charge < -0.3 is 23.8 Å². The van der Waals surface area contributed by atoms with Gasteiger partial charge in [-0.25, -0.2) is 4.79 Å². The summed E-state index contributed by atoms with van der Waals surface area (Å²) >= 11 is 6.09. The van der Waals surface area contributed by atoms with Crippen LogP contribution in [0.4, 0.5) is 9.18 Å². The van der Waals surface area contributed by atoms with Gasteiger partial charge in [0, 0.05) is 24.9 Å². The predicted molar refractivity (Wildman–Crippen MR) is 111 cm³/mol. The predicted octanol–water partition coefficient (Wildman–Crippen LogP) is 4.08. The van der Waals surface area contributed by atoms with Gasteiger partial charge in [-0.2, -0.15) is 14.4 Å². The smallest absolute Gasteiger partial charge is 0.410 e. The lowest BCUT2D eigenvalue weighted by atomic mass is 9.84. The molecule has 2 bridgehead atoms. The Kier molecular flexibility index (Phi) is 5.54. The number of rotatable bonds is 5. The Balaban J connectivity index is 1.30. The summed E-state index contributed by atoms with van der Waals surface area (Å²) in [6.07, 6.45) is 2.28. The highest BCUT2D eigenvalue weighted by Crippen LogP contribution is 2.40. The SMILES string of the molecule is CC1(OC(=O)N2CC3COCC(C2)C3Oc2ncnc(Oc3ccccc3Cl)c2F)CC1. The molecule has 2 aliphatic heterocycles. The molecule has 1 aliphatic carbocycles. The molecule has 1 saturated carbocycles. The molecule has 3 aliphatic rings. The molecule has 170 valence electrons. The highest BCUT2D eigenvalue weighted by molar-refractivity contribution is 6.32. The average molecular weight is 464 g/mol. The topological polar surface area (TPSA) is 83.0 Å². The second-order valence-corrected chi connectivity index (χ2v) is 9.10. The molecule has 1 amide bonds. The standard InChI is InChI=1S/C22H23ClFN3O5/c1-22(6-7-22)32-21(28)27-8-13-10-29-11-14(9-27)18(13)31-20-17(24)19(25-12-26-20)30-16-5-3-2-4-15(16)23/h2-5,12-14,18H,6-11H2,1H3. The van der Waals surface area contributed by atoms with Crippen LogP contribution in [0.2, 0.25) is 5.02 Å². The van der Waals surface area contributed by atoms with Gasteiger partial charge in [0.2, 0.25) is 5.82 Å². The third-order valence-electron chi connectivity index (χ3n) is 6.07. The Morgan fingerprint density at radius 1 is 1.19 bits per heavy atom. The maximum absolute atomic E-state index is 15.1. The second kappa shape index (κ2) is 8.37. The summed E-state index contributed by atoms with van der Waals surface area (Å²) in [4.78, 5) is 22.1. The number of fused-ring (bicyclic) bond motifs is 2. The van der Waals surface area contributed by atoms with Crippen LogP contribution in [0.5, 0.6) is 17.5 Å². The Bertz CT molecular complexity index is 1010. The highest BCUT2D eigenvalue weighted by atomic mass is 35.5. The number of benzene rings is 1. The minimum atomic E-state index is -0.810. The number of piperidine rings is 1. The van der Waals surface area contributed by atoms with Gasteiger partial charge in [-0.3, -0.25) is 0 Å². The number of amides is 1. The molecule has 1 aromatic carbocycles. The zero-order chi connectivity index (χ0) is 22.3. The van der Waals surface area contributed by atoms with Crippen LogP contribution < -0.4 is 9.47 Å². The molecule has 1 aromatic heterocycles. The molecule has 8 nitrogen and oxygen atoms in total. The van der Waals surface area contributed by atoms with Crippen molar-refractivity contribution in [3.63, 3.8) is 0 Å². The van der Waals surface area contributed by atoms with Crippen molar-refractivity contribution in [2.45, 2.75) is 31.5 Å². The molecule has 5 rings (SSSR count). The van der Waals surface area contributed by atoms with E-state index in [1.165, 1.54) is 6.33 Å². The van der Waals surface area contributed by atoms with Gasteiger partial charge in [-0.1, -0.05) is 23.7 Å². The number of halogens is 2. The Hall–Kier alpha value is -2.65. The summed E-state index contributed by atoms with van der Waals surface area (Å²) in [6, 6.07) is 6.72. The van der Waals surface area contributed by atoms with Crippen molar-refractivity contribution in [3.8, 4) is 17.5 Å². The molecule has 2 saturated heterocycles. The Morgan fingerprint density at radius 2 is 1.88 bits per heavy atom. The number of para-hydroxylation sites is 1. The molecule has 2 unspecified atom stereocenters. The molecular weight excluding hydrogens is 441 g/mol. The van der Waals surface area contributed by atoms with Crippen LogP contribution in [-0.2, 0) is 9.47 Å². The number of carbonyl (C=O) groups excluding carboxylic acids is 1. The van der Waals surface area contributed by atoms with E-state index in [1.807, 2.05) is 6.92 Å². The van der Waals surface area contributed by atoms with Gasteiger partial charge in [-0.05, 0) is 31.9 Å². The fourth-order valence-electron chi connectivity index (χ4n) is 4.05. The largest absolute Gasteiger partial charge is 0.471 e. The van der Waals surface area contributed by atoms with Crippen LogP contribution in [0.15, 0.2) is 30.6 Å². The first kappa shape index (κ1) is 21.2. The molecule has 2 aromatic rings. The highest BCUT2D eigenvalue weighted by Gasteiger charge is 2.47. The fraction of sp³-hybridized carbons (Fsp3) is 0.500. The van der Waals surface area contributed by atoms with E-state index in [4.69, 9.17) is 30.5 Å². The van der Waals surface area contributed by atoms with Crippen molar-refractivity contribution >= 4 is 17.7 Å². The molecule has 3 heterocycles. The molecule has 32 heavy (non-hydrogen) atoms. The minimum Gasteiger partial charge on any atom is -0.471 e. The van der Waals surface area contributed by atoms with Crippen molar-refractivity contribution in [2.24, 2.45) is 11.8 Å². The quantitative estimate of drug-likeness (QED) is 0.660. The number of aromatic nitrogens is 2. The number of hydrogen-bond donors (Lipinski definition) is 0. The van der Waals surface area contributed by atoms with Crippen molar-refractivity contribution in [3.05, 3.63) is 41.4 Å². The van der Waals surface area contributed by atoms with Crippen molar-refractivity contribution in [1.29, 1.82) is 0 Å². The number of ether oxygens (including phenoxy) is 4. The first-order valence-corrected chi connectivity index (χ1v) is 10.9. The third-order valence-corrected chi connectivity index (χ3v) is 6.38. The lowest BCUT2D eigenvalue weighted by Crippen LogP contribution is -2.59. The summed E-state index contributed by atoms with van der Waals surface area (Å²) in [5.74, 6) is -1.28. The minimum absolute atomic E-state index is 0.135. The Morgan fingerprint density at radius 3 is 2.56 bits per heavy atom. The van der Waals surface area contributed by atoms with Crippen molar-refractivity contribution < 1.29 is 28.1 Å². The van der Waals surface area contributed by atoms with Gasteiger partial charge >= 0.3 is 6.09 Å². The summed E-state index contributed by atoms with van der Waals surface area (Å²) < 4.78 is 37.9. The van der Waals surface area contributed by atoms with Crippen molar-refractivity contribution in [2.75, 3.05) is 26.3 Å². The van der Waals surface area contributed by atoms with Crippen molar-refractivity contribution in [1.82, 2.24) is 14.9 Å². The number of hydrogen-bond acceptors (Lipinski definition) is 7. The molecule has 2 atom stereocenters. The maximum atomic E-state index is 15.1. The third kappa shape index (κ3) is 4.31. The lowest BCUT2D eigenvalue weighted by Gasteiger charge is -2.45. The van der Waals surface area contributed by atoms with Gasteiger partial charge in [0.05, 0.1) is 18.2 Å². The molecule has 0 spiro atoms. The van der Waals surface area contributed by atoms with Gasteiger partial charge in [-0.15, -0.1) is 0 Å². The van der Waals surface area contributed by atoms with E-state index in [0.29, 0.717) is 31.3 Å². The van der Waals surface area contributed by atoms with E-state index >= 15 is 4.39 Å². The van der Waals surface area contributed by atoms with E-state index in [2.05, 4.69) is 9.97 Å². The van der Waals surface area contributed by atoms with Crippen LogP contribution in [0.3, 0.4) is 0 Å². The van der Waals surface area contributed by atoms with E-state index < -0.39 is 5.82 Å². The molecule has 3 fully saturated rings. The zero-order valence-electron chi connectivity index (χ0n) is 17.5. The van der Waals surface area contributed by atoms with Crippen LogP contribution in [0.25, 0.3) is 0 Å². The lowest BCUT2D eigenvalue weighted by molar-refractivity contribution is -0.112. The molecular formula is C22H23ClFN3O5. The number of nitrogens with zero attached hydrogens (tertiary/aromatic N) is 3. The first-order chi connectivity index (χ1) is 15.4. The average Bonchev–Trinajstić information content (AvgIpc) is 3.48. The number of carbonyl (C=O) groups is 1. The summed E-state index contributed by atoms with van der Waals surface area (Å²) in [5, 5.41) is 0.332. The van der Waals surface area contributed by atoms with E-state index in [-0.39, 0.29) is 47.1 Å².